The van der Waals surface area contributed by atoms with Gasteiger partial charge in [0.05, 0.1) is 24.9 Å². The summed E-state index contributed by atoms with van der Waals surface area (Å²) < 4.78 is 11.9. The number of hydrogen-bond donors (Lipinski definition) is 0. The molecule has 1 heterocycles. The molecule has 0 N–H and O–H groups in total. The smallest absolute Gasteiger partial charge is 0.330 e. The molecule has 2 aromatic rings. The van der Waals surface area contributed by atoms with Crippen LogP contribution in [0.15, 0.2) is 30.3 Å². The van der Waals surface area contributed by atoms with Crippen molar-refractivity contribution in [3.8, 4) is 5.75 Å². The van der Waals surface area contributed by atoms with Crippen LogP contribution in [-0.2, 0) is 9.53 Å². The molecule has 0 aliphatic rings. The molecule has 25 heavy (non-hydrogen) atoms. The summed E-state index contributed by atoms with van der Waals surface area (Å²) in [6.07, 6.45) is 4.74. The molecule has 0 spiro atoms. The average molecular weight is 344 g/mol. The molecule has 6 nitrogen and oxygen atoms in total. The molecule has 0 radical (unpaired) electrons. The average Bonchev–Trinajstić information content (AvgIpc) is 2.96. The fourth-order valence-electron chi connectivity index (χ4n) is 2.40. The molecule has 0 atom stereocenters. The highest BCUT2D eigenvalue weighted by molar-refractivity contribution is 5.97. The van der Waals surface area contributed by atoms with E-state index in [1.165, 1.54) is 11.0 Å². The number of amides is 1. The molecule has 134 valence electrons. The third-order valence-electron chi connectivity index (χ3n) is 3.74. The molecule has 0 saturated carbocycles. The number of nitrogens with zero attached hydrogens (tertiary/aromatic N) is 2. The molecule has 1 amide bonds. The summed E-state index contributed by atoms with van der Waals surface area (Å²) in [7, 11) is 4.96. The van der Waals surface area contributed by atoms with Gasteiger partial charge in [0.1, 0.15) is 5.75 Å². The molecule has 0 fully saturated rings. The first-order valence-electron chi connectivity index (χ1n) is 8.24. The van der Waals surface area contributed by atoms with Crippen LogP contribution >= 0.6 is 0 Å². The number of carbonyl (C=O) groups is 2. The highest BCUT2D eigenvalue weighted by atomic mass is 16.5. The van der Waals surface area contributed by atoms with Crippen molar-refractivity contribution in [2.24, 2.45) is 0 Å². The molecule has 1 aromatic heterocycles. The molecular weight excluding hydrogens is 320 g/mol. The van der Waals surface area contributed by atoms with Crippen molar-refractivity contribution in [1.29, 1.82) is 0 Å². The summed E-state index contributed by atoms with van der Waals surface area (Å²) in [5.41, 5.74) is 1.35. The second kappa shape index (κ2) is 8.37. The Hall–Kier alpha value is -2.76. The van der Waals surface area contributed by atoms with Gasteiger partial charge in [0.25, 0.3) is 0 Å². The van der Waals surface area contributed by atoms with Gasteiger partial charge >= 0.3 is 12.0 Å². The van der Waals surface area contributed by atoms with Crippen molar-refractivity contribution in [3.63, 3.8) is 0 Å². The molecule has 1 aromatic carbocycles. The number of hydrogen-bond acceptors (Lipinski definition) is 4. The van der Waals surface area contributed by atoms with E-state index in [1.54, 1.807) is 37.9 Å². The van der Waals surface area contributed by atoms with Crippen LogP contribution in [0.1, 0.15) is 25.5 Å². The Morgan fingerprint density at radius 2 is 2.00 bits per heavy atom. The molecular formula is C19H24N2O4. The number of benzene rings is 1. The number of aromatic nitrogens is 1. The molecule has 6 heteroatoms. The first-order chi connectivity index (χ1) is 12.0. The summed E-state index contributed by atoms with van der Waals surface area (Å²) in [6, 6.07) is 7.13. The standard InChI is InChI=1S/C19H24N2O4/c1-5-6-11-25-18(22)10-7-15-12-14-13-16(24-4)8-9-17(14)21(15)19(23)20(2)3/h7-10,12-13H,5-6,11H2,1-4H3/b10-7+. The lowest BCUT2D eigenvalue weighted by molar-refractivity contribution is -0.137. The van der Waals surface area contributed by atoms with Crippen LogP contribution in [-0.4, -0.2) is 49.3 Å². The monoisotopic (exact) mass is 344 g/mol. The van der Waals surface area contributed by atoms with Crippen molar-refractivity contribution in [2.45, 2.75) is 19.8 Å². The van der Waals surface area contributed by atoms with E-state index in [0.717, 1.165) is 23.7 Å². The molecule has 0 bridgehead atoms. The summed E-state index contributed by atoms with van der Waals surface area (Å²) in [5, 5.41) is 0.855. The third-order valence-corrected chi connectivity index (χ3v) is 3.74. The number of methoxy groups -OCH3 is 1. The largest absolute Gasteiger partial charge is 0.497 e. The van der Waals surface area contributed by atoms with Crippen LogP contribution in [0.4, 0.5) is 4.79 Å². The van der Waals surface area contributed by atoms with E-state index in [-0.39, 0.29) is 6.03 Å². The van der Waals surface area contributed by atoms with E-state index in [2.05, 4.69) is 0 Å². The van der Waals surface area contributed by atoms with Gasteiger partial charge in [-0.25, -0.2) is 9.59 Å². The number of fused-ring (bicyclic) bond motifs is 1. The Morgan fingerprint density at radius 1 is 1.24 bits per heavy atom. The fourth-order valence-corrected chi connectivity index (χ4v) is 2.40. The maximum absolute atomic E-state index is 12.6. The lowest BCUT2D eigenvalue weighted by Gasteiger charge is -2.14. The van der Waals surface area contributed by atoms with E-state index in [0.29, 0.717) is 18.1 Å². The number of unbranched alkanes of at least 4 members (excludes halogenated alkanes) is 1. The molecule has 0 aliphatic heterocycles. The van der Waals surface area contributed by atoms with Crippen LogP contribution in [0.5, 0.6) is 5.75 Å². The zero-order valence-corrected chi connectivity index (χ0v) is 15.1. The van der Waals surface area contributed by atoms with Gasteiger partial charge in [-0.15, -0.1) is 0 Å². The summed E-state index contributed by atoms with van der Waals surface area (Å²) in [4.78, 5) is 25.8. The van der Waals surface area contributed by atoms with Gasteiger partial charge in [-0.1, -0.05) is 13.3 Å². The predicted octanol–water partition coefficient (Wildman–Crippen LogP) is 3.54. The molecule has 0 unspecified atom stereocenters. The minimum absolute atomic E-state index is 0.195. The van der Waals surface area contributed by atoms with Crippen LogP contribution in [0.3, 0.4) is 0 Å². The van der Waals surface area contributed by atoms with E-state index in [1.807, 2.05) is 25.1 Å². The lowest BCUT2D eigenvalue weighted by atomic mass is 10.2. The second-order valence-electron chi connectivity index (χ2n) is 5.86. The van der Waals surface area contributed by atoms with E-state index < -0.39 is 5.97 Å². The van der Waals surface area contributed by atoms with E-state index >= 15 is 0 Å². The normalized spacial score (nSPS) is 11.0. The highest BCUT2D eigenvalue weighted by Crippen LogP contribution is 2.25. The minimum Gasteiger partial charge on any atom is -0.497 e. The van der Waals surface area contributed by atoms with E-state index in [4.69, 9.17) is 9.47 Å². The number of carbonyl (C=O) groups excluding carboxylic acids is 2. The van der Waals surface area contributed by atoms with Gasteiger partial charge in [0, 0.05) is 25.6 Å². The van der Waals surface area contributed by atoms with Gasteiger partial charge in [0.2, 0.25) is 0 Å². The number of rotatable bonds is 6. The quantitative estimate of drug-likeness (QED) is 0.457. The van der Waals surface area contributed by atoms with Gasteiger partial charge in [0.15, 0.2) is 0 Å². The van der Waals surface area contributed by atoms with Crippen LogP contribution < -0.4 is 4.74 Å². The summed E-state index contributed by atoms with van der Waals surface area (Å²) >= 11 is 0. The van der Waals surface area contributed by atoms with Crippen molar-refractivity contribution >= 4 is 29.0 Å². The zero-order valence-electron chi connectivity index (χ0n) is 15.1. The summed E-state index contributed by atoms with van der Waals surface area (Å²) in [5.74, 6) is 0.289. The first-order valence-corrected chi connectivity index (χ1v) is 8.24. The lowest BCUT2D eigenvalue weighted by Crippen LogP contribution is -2.27. The number of ether oxygens (including phenoxy) is 2. The first kappa shape index (κ1) is 18.6. The third kappa shape index (κ3) is 4.41. The van der Waals surface area contributed by atoms with Gasteiger partial charge in [-0.3, -0.25) is 4.57 Å². The maximum Gasteiger partial charge on any atom is 0.330 e. The molecule has 2 rings (SSSR count). The van der Waals surface area contributed by atoms with Crippen LogP contribution in [0.25, 0.3) is 17.0 Å². The van der Waals surface area contributed by atoms with Gasteiger partial charge in [-0.2, -0.15) is 0 Å². The topological polar surface area (TPSA) is 60.8 Å². The minimum atomic E-state index is -0.417. The van der Waals surface area contributed by atoms with Crippen LogP contribution in [0, 0.1) is 0 Å². The Labute approximate surface area is 147 Å². The maximum atomic E-state index is 12.6. The SMILES string of the molecule is CCCCOC(=O)/C=C/c1cc2cc(OC)ccc2n1C(=O)N(C)C. The number of esters is 1. The van der Waals surface area contributed by atoms with E-state index in [9.17, 15) is 9.59 Å². The second-order valence-corrected chi connectivity index (χ2v) is 5.86. The van der Waals surface area contributed by atoms with Crippen LogP contribution in [0.2, 0.25) is 0 Å². The van der Waals surface area contributed by atoms with Crippen molar-refractivity contribution in [1.82, 2.24) is 9.47 Å². The van der Waals surface area contributed by atoms with Crippen molar-refractivity contribution < 1.29 is 19.1 Å². The molecule has 0 saturated heterocycles. The Morgan fingerprint density at radius 3 is 2.64 bits per heavy atom. The fraction of sp³-hybridized carbons (Fsp3) is 0.368. The summed E-state index contributed by atoms with van der Waals surface area (Å²) in [6.45, 7) is 2.43. The van der Waals surface area contributed by atoms with Crippen molar-refractivity contribution in [3.05, 3.63) is 36.0 Å². The highest BCUT2D eigenvalue weighted by Gasteiger charge is 2.16. The molecule has 0 aliphatic carbocycles. The zero-order chi connectivity index (χ0) is 18.4. The predicted molar refractivity (Wildman–Crippen MR) is 97.9 cm³/mol. The van der Waals surface area contributed by atoms with Crippen molar-refractivity contribution in [2.75, 3.05) is 27.8 Å². The van der Waals surface area contributed by atoms with Gasteiger partial charge < -0.3 is 14.4 Å². The Balaban J connectivity index is 2.38. The Kier molecular flexibility index (Phi) is 6.22. The Bertz CT molecular complexity index is 790. The van der Waals surface area contributed by atoms with Gasteiger partial charge in [-0.05, 0) is 36.8 Å².